The minimum Gasteiger partial charge on any atom is -0.393 e. The molecule has 1 aliphatic carbocycles. The molecule has 8 nitrogen and oxygen atoms in total. The highest BCUT2D eigenvalue weighted by atomic mass is 19.4. The summed E-state index contributed by atoms with van der Waals surface area (Å²) in [5.74, 6) is -0.0870. The lowest BCUT2D eigenvalue weighted by atomic mass is 9.93. The Morgan fingerprint density at radius 2 is 1.76 bits per heavy atom. The number of alkyl halides is 3. The summed E-state index contributed by atoms with van der Waals surface area (Å²) in [4.78, 5) is 10.8. The standard InChI is InChI=1S/C23H27F3N6O2/c24-23(25,26)14-28-22-27-13-19-20(15-1-3-16(4-2-15)31-9-11-34-12-10-31)30-32(21(19)29-22)17-5-7-18(33)8-6-17/h1-4,13,17-18,33H,5-12,14H2,(H,27,28,29)/t17-,18-. The topological polar surface area (TPSA) is 88.3 Å². The Labute approximate surface area is 194 Å². The van der Waals surface area contributed by atoms with Crippen molar-refractivity contribution in [2.75, 3.05) is 43.1 Å². The molecule has 3 aromatic rings. The Morgan fingerprint density at radius 3 is 2.44 bits per heavy atom. The molecule has 1 aromatic carbocycles. The van der Waals surface area contributed by atoms with Gasteiger partial charge in [0.2, 0.25) is 5.95 Å². The number of morpholine rings is 1. The normalized spacial score (nSPS) is 21.7. The third kappa shape index (κ3) is 4.95. The maximum atomic E-state index is 12.7. The number of nitrogens with zero attached hydrogens (tertiary/aromatic N) is 5. The molecule has 2 aliphatic rings. The summed E-state index contributed by atoms with van der Waals surface area (Å²) in [6.07, 6.45) is -0.409. The average Bonchev–Trinajstić information content (AvgIpc) is 3.22. The van der Waals surface area contributed by atoms with Crippen LogP contribution in [0.2, 0.25) is 0 Å². The van der Waals surface area contributed by atoms with Crippen LogP contribution in [0.25, 0.3) is 22.3 Å². The molecule has 0 atom stereocenters. The average molecular weight is 477 g/mol. The van der Waals surface area contributed by atoms with Crippen molar-refractivity contribution in [1.82, 2.24) is 19.7 Å². The third-order valence-corrected chi connectivity index (χ3v) is 6.42. The minimum atomic E-state index is -4.37. The maximum absolute atomic E-state index is 12.7. The van der Waals surface area contributed by atoms with Gasteiger partial charge in [0.05, 0.1) is 30.7 Å². The molecule has 0 spiro atoms. The lowest BCUT2D eigenvalue weighted by molar-refractivity contribution is -0.115. The number of nitrogens with one attached hydrogen (secondary N) is 1. The Morgan fingerprint density at radius 1 is 1.06 bits per heavy atom. The molecule has 1 saturated heterocycles. The number of aliphatic hydroxyl groups excluding tert-OH is 1. The lowest BCUT2D eigenvalue weighted by Crippen LogP contribution is -2.36. The van der Waals surface area contributed by atoms with E-state index in [-0.39, 0.29) is 18.1 Å². The van der Waals surface area contributed by atoms with Crippen molar-refractivity contribution in [3.05, 3.63) is 30.5 Å². The van der Waals surface area contributed by atoms with E-state index in [1.807, 2.05) is 24.3 Å². The van der Waals surface area contributed by atoms with Gasteiger partial charge in [-0.15, -0.1) is 0 Å². The molecule has 0 unspecified atom stereocenters. The van der Waals surface area contributed by atoms with Gasteiger partial charge in [0.15, 0.2) is 5.65 Å². The van der Waals surface area contributed by atoms with E-state index in [1.165, 1.54) is 6.20 Å². The molecule has 3 heterocycles. The predicted octanol–water partition coefficient (Wildman–Crippen LogP) is 3.78. The monoisotopic (exact) mass is 476 g/mol. The van der Waals surface area contributed by atoms with E-state index in [1.54, 1.807) is 4.68 Å². The molecule has 2 N–H and O–H groups in total. The number of hydrogen-bond donors (Lipinski definition) is 2. The first-order valence-electron chi connectivity index (χ1n) is 11.5. The van der Waals surface area contributed by atoms with E-state index in [0.29, 0.717) is 42.8 Å². The summed E-state index contributed by atoms with van der Waals surface area (Å²) in [6, 6.07) is 8.09. The third-order valence-electron chi connectivity index (χ3n) is 6.42. The van der Waals surface area contributed by atoms with Gasteiger partial charge in [-0.2, -0.15) is 23.3 Å². The number of rotatable bonds is 5. The molecular formula is C23H27F3N6O2. The molecule has 182 valence electrons. The number of aromatic nitrogens is 4. The van der Waals surface area contributed by atoms with Crippen molar-refractivity contribution in [3.63, 3.8) is 0 Å². The summed E-state index contributed by atoms with van der Waals surface area (Å²) in [7, 11) is 0. The van der Waals surface area contributed by atoms with E-state index in [2.05, 4.69) is 20.2 Å². The van der Waals surface area contributed by atoms with Crippen molar-refractivity contribution in [1.29, 1.82) is 0 Å². The Balaban J connectivity index is 1.49. The first-order valence-corrected chi connectivity index (χ1v) is 11.5. The van der Waals surface area contributed by atoms with Gasteiger partial charge < -0.3 is 20.1 Å². The van der Waals surface area contributed by atoms with Crippen LogP contribution >= 0.6 is 0 Å². The molecule has 11 heteroatoms. The number of benzene rings is 1. The zero-order chi connectivity index (χ0) is 23.7. The quantitative estimate of drug-likeness (QED) is 0.579. The van der Waals surface area contributed by atoms with Crippen LogP contribution in [-0.2, 0) is 4.74 Å². The van der Waals surface area contributed by atoms with Gasteiger partial charge in [-0.1, -0.05) is 12.1 Å². The van der Waals surface area contributed by atoms with E-state index >= 15 is 0 Å². The summed E-state index contributed by atoms with van der Waals surface area (Å²) in [5, 5.41) is 17.7. The Kier molecular flexibility index (Phi) is 6.30. The number of ether oxygens (including phenoxy) is 1. The fraction of sp³-hybridized carbons (Fsp3) is 0.522. The highest BCUT2D eigenvalue weighted by Gasteiger charge is 2.28. The molecular weight excluding hydrogens is 449 g/mol. The van der Waals surface area contributed by atoms with Crippen molar-refractivity contribution in [2.24, 2.45) is 0 Å². The molecule has 0 bridgehead atoms. The summed E-state index contributed by atoms with van der Waals surface area (Å²) in [6.45, 7) is 1.87. The first-order chi connectivity index (χ1) is 16.4. The zero-order valence-corrected chi connectivity index (χ0v) is 18.6. The van der Waals surface area contributed by atoms with E-state index in [9.17, 15) is 18.3 Å². The highest BCUT2D eigenvalue weighted by molar-refractivity contribution is 5.91. The minimum absolute atomic E-state index is 0.0117. The van der Waals surface area contributed by atoms with Gasteiger partial charge in [-0.3, -0.25) is 0 Å². The Hall–Kier alpha value is -2.92. The van der Waals surface area contributed by atoms with Crippen LogP contribution < -0.4 is 10.2 Å². The second kappa shape index (κ2) is 9.38. The SMILES string of the molecule is O[C@H]1CC[C@H](n2nc(-c3ccc(N4CCOCC4)cc3)c3cnc(NCC(F)(F)F)nc32)CC1. The fourth-order valence-corrected chi connectivity index (χ4v) is 4.61. The molecule has 2 aromatic heterocycles. The zero-order valence-electron chi connectivity index (χ0n) is 18.6. The van der Waals surface area contributed by atoms with Crippen LogP contribution in [0, 0.1) is 0 Å². The summed E-state index contributed by atoms with van der Waals surface area (Å²) in [5.41, 5.74) is 3.17. The number of hydrogen-bond acceptors (Lipinski definition) is 7. The van der Waals surface area contributed by atoms with Crippen LogP contribution in [0.1, 0.15) is 31.7 Å². The second-order valence-electron chi connectivity index (χ2n) is 8.80. The fourth-order valence-electron chi connectivity index (χ4n) is 4.61. The number of anilines is 2. The van der Waals surface area contributed by atoms with Gasteiger partial charge in [0.25, 0.3) is 0 Å². The number of halogens is 3. The van der Waals surface area contributed by atoms with Gasteiger partial charge in [0.1, 0.15) is 12.2 Å². The molecule has 0 amide bonds. The van der Waals surface area contributed by atoms with Crippen LogP contribution in [0.15, 0.2) is 30.5 Å². The molecule has 0 radical (unpaired) electrons. The van der Waals surface area contributed by atoms with Crippen LogP contribution in [-0.4, -0.2) is 70.0 Å². The molecule has 1 aliphatic heterocycles. The number of fused-ring (bicyclic) bond motifs is 1. The first kappa shape index (κ1) is 22.9. The maximum Gasteiger partial charge on any atom is 0.405 e. The number of aliphatic hydroxyl groups is 1. The van der Waals surface area contributed by atoms with E-state index in [0.717, 1.165) is 37.2 Å². The van der Waals surface area contributed by atoms with Gasteiger partial charge in [-0.05, 0) is 37.8 Å². The second-order valence-corrected chi connectivity index (χ2v) is 8.80. The predicted molar refractivity (Wildman–Crippen MR) is 122 cm³/mol. The van der Waals surface area contributed by atoms with Gasteiger partial charge in [-0.25, -0.2) is 9.67 Å². The van der Waals surface area contributed by atoms with Gasteiger partial charge >= 0.3 is 6.18 Å². The summed E-state index contributed by atoms with van der Waals surface area (Å²) < 4.78 is 45.3. The van der Waals surface area contributed by atoms with Crippen molar-refractivity contribution in [2.45, 2.75) is 44.0 Å². The molecule has 2 fully saturated rings. The van der Waals surface area contributed by atoms with Crippen molar-refractivity contribution in [3.8, 4) is 11.3 Å². The largest absolute Gasteiger partial charge is 0.405 e. The Bertz CT molecular complexity index is 1120. The van der Waals surface area contributed by atoms with E-state index in [4.69, 9.17) is 9.84 Å². The molecule has 1 saturated carbocycles. The molecule has 5 rings (SSSR count). The highest BCUT2D eigenvalue weighted by Crippen LogP contribution is 2.35. The lowest BCUT2D eigenvalue weighted by Gasteiger charge is -2.28. The smallest absolute Gasteiger partial charge is 0.393 e. The van der Waals surface area contributed by atoms with Crippen LogP contribution in [0.3, 0.4) is 0 Å². The van der Waals surface area contributed by atoms with E-state index < -0.39 is 12.7 Å². The van der Waals surface area contributed by atoms with Crippen LogP contribution in [0.5, 0.6) is 0 Å². The van der Waals surface area contributed by atoms with Crippen LogP contribution in [0.4, 0.5) is 24.8 Å². The summed E-state index contributed by atoms with van der Waals surface area (Å²) >= 11 is 0. The van der Waals surface area contributed by atoms with Crippen molar-refractivity contribution >= 4 is 22.7 Å². The van der Waals surface area contributed by atoms with Crippen molar-refractivity contribution < 1.29 is 23.0 Å². The molecule has 34 heavy (non-hydrogen) atoms. The van der Waals surface area contributed by atoms with Gasteiger partial charge in [0, 0.05) is 30.5 Å².